The molecule has 2 N–H and O–H groups in total. The van der Waals surface area contributed by atoms with Crippen LogP contribution in [-0.4, -0.2) is 42.2 Å². The Morgan fingerprint density at radius 1 is 1.24 bits per heavy atom. The Morgan fingerprint density at radius 3 is 2.57 bits per heavy atom. The van der Waals surface area contributed by atoms with Crippen LogP contribution >= 0.6 is 0 Å². The second kappa shape index (κ2) is 5.63. The van der Waals surface area contributed by atoms with E-state index in [1.165, 1.54) is 0 Å². The first-order valence-electron chi connectivity index (χ1n) is 7.19. The summed E-state index contributed by atoms with van der Waals surface area (Å²) in [5.41, 5.74) is 0.791. The summed E-state index contributed by atoms with van der Waals surface area (Å²) in [6.07, 6.45) is 1.23. The number of nitrogens with zero attached hydrogens (tertiary/aromatic N) is 1. The number of urea groups is 1. The fraction of sp³-hybridized carbons (Fsp3) is 0.467. The van der Waals surface area contributed by atoms with E-state index in [-0.39, 0.29) is 17.7 Å². The van der Waals surface area contributed by atoms with Crippen LogP contribution in [0.25, 0.3) is 0 Å². The van der Waals surface area contributed by atoms with Gasteiger partial charge in [-0.2, -0.15) is 0 Å². The zero-order valence-corrected chi connectivity index (χ0v) is 11.8. The molecule has 1 aromatic rings. The summed E-state index contributed by atoms with van der Waals surface area (Å²) in [6.45, 7) is 2.14. The molecule has 6 nitrogen and oxygen atoms in total. The molecule has 0 atom stereocenters. The molecule has 112 valence electrons. The lowest BCUT2D eigenvalue weighted by molar-refractivity contribution is 0.0775. The summed E-state index contributed by atoms with van der Waals surface area (Å²) in [6, 6.07) is 9.51. The lowest BCUT2D eigenvalue weighted by atomic mass is 9.89. The first kappa shape index (κ1) is 13.7. The minimum atomic E-state index is -0.286. The van der Waals surface area contributed by atoms with E-state index in [4.69, 9.17) is 4.74 Å². The molecular weight excluding hydrogens is 270 g/mol. The van der Waals surface area contributed by atoms with Gasteiger partial charge in [-0.15, -0.1) is 0 Å². The Balaban J connectivity index is 1.48. The predicted molar refractivity (Wildman–Crippen MR) is 76.7 cm³/mol. The molecule has 2 heterocycles. The van der Waals surface area contributed by atoms with E-state index in [1.807, 2.05) is 30.3 Å². The van der Waals surface area contributed by atoms with Crippen molar-refractivity contribution < 1.29 is 14.3 Å². The Hall–Kier alpha value is -2.24. The molecule has 21 heavy (non-hydrogen) atoms. The third-order valence-corrected chi connectivity index (χ3v) is 4.15. The van der Waals surface area contributed by atoms with Gasteiger partial charge < -0.3 is 20.3 Å². The quantitative estimate of drug-likeness (QED) is 0.866. The molecule has 3 amide bonds. The highest BCUT2D eigenvalue weighted by Crippen LogP contribution is 2.24. The molecule has 0 saturated carbocycles. The number of likely N-dealkylation sites (tertiary alicyclic amines) is 1. The Labute approximate surface area is 123 Å². The molecule has 2 saturated heterocycles. The van der Waals surface area contributed by atoms with E-state index in [2.05, 4.69) is 10.6 Å². The number of nitrogens with one attached hydrogen (secondary N) is 2. The van der Waals surface area contributed by atoms with Gasteiger partial charge in [0.1, 0.15) is 6.61 Å². The first-order valence-corrected chi connectivity index (χ1v) is 7.19. The van der Waals surface area contributed by atoms with Crippen LogP contribution < -0.4 is 10.6 Å². The van der Waals surface area contributed by atoms with Crippen LogP contribution in [0.4, 0.5) is 9.59 Å². The highest BCUT2D eigenvalue weighted by molar-refractivity contribution is 5.77. The van der Waals surface area contributed by atoms with Gasteiger partial charge in [0.2, 0.25) is 0 Å². The molecule has 0 aliphatic carbocycles. The van der Waals surface area contributed by atoms with Crippen LogP contribution in [0.15, 0.2) is 30.3 Å². The van der Waals surface area contributed by atoms with E-state index in [1.54, 1.807) is 4.90 Å². The minimum Gasteiger partial charge on any atom is -0.445 e. The van der Waals surface area contributed by atoms with Gasteiger partial charge in [-0.3, -0.25) is 0 Å². The van der Waals surface area contributed by atoms with Crippen LogP contribution in [0.3, 0.4) is 0 Å². The second-order valence-corrected chi connectivity index (χ2v) is 5.62. The fourth-order valence-corrected chi connectivity index (χ4v) is 2.81. The molecule has 6 heteroatoms. The third-order valence-electron chi connectivity index (χ3n) is 4.15. The van der Waals surface area contributed by atoms with E-state index in [0.717, 1.165) is 18.4 Å². The van der Waals surface area contributed by atoms with Crippen molar-refractivity contribution in [2.45, 2.75) is 25.0 Å². The lowest BCUT2D eigenvalue weighted by Crippen LogP contribution is -2.53. The average molecular weight is 289 g/mol. The monoisotopic (exact) mass is 289 g/mol. The average Bonchev–Trinajstić information content (AvgIpc) is 2.87. The van der Waals surface area contributed by atoms with E-state index >= 15 is 0 Å². The number of benzene rings is 1. The molecule has 1 aromatic carbocycles. The summed E-state index contributed by atoms with van der Waals surface area (Å²) < 4.78 is 5.32. The van der Waals surface area contributed by atoms with Crippen molar-refractivity contribution in [1.29, 1.82) is 0 Å². The maximum absolute atomic E-state index is 12.0. The van der Waals surface area contributed by atoms with Crippen molar-refractivity contribution in [3.8, 4) is 0 Å². The molecular formula is C15H19N3O3. The molecule has 0 aromatic heterocycles. The zero-order valence-electron chi connectivity index (χ0n) is 11.8. The van der Waals surface area contributed by atoms with Crippen LogP contribution in [0, 0.1) is 0 Å². The van der Waals surface area contributed by atoms with Gasteiger partial charge in [0.25, 0.3) is 0 Å². The molecule has 0 bridgehead atoms. The molecule has 3 rings (SSSR count). The second-order valence-electron chi connectivity index (χ2n) is 5.62. The van der Waals surface area contributed by atoms with Crippen molar-refractivity contribution in [3.05, 3.63) is 35.9 Å². The summed E-state index contributed by atoms with van der Waals surface area (Å²) in [5, 5.41) is 5.74. The van der Waals surface area contributed by atoms with Gasteiger partial charge in [-0.25, -0.2) is 9.59 Å². The number of carbonyl (C=O) groups is 2. The fourth-order valence-electron chi connectivity index (χ4n) is 2.81. The number of hydrogen-bond acceptors (Lipinski definition) is 3. The predicted octanol–water partition coefficient (Wildman–Crippen LogP) is 1.47. The third kappa shape index (κ3) is 3.09. The van der Waals surface area contributed by atoms with Crippen molar-refractivity contribution in [3.63, 3.8) is 0 Å². The Bertz CT molecular complexity index is 524. The Morgan fingerprint density at radius 2 is 1.95 bits per heavy atom. The van der Waals surface area contributed by atoms with Crippen molar-refractivity contribution in [2.24, 2.45) is 0 Å². The maximum Gasteiger partial charge on any atom is 0.410 e. The van der Waals surface area contributed by atoms with E-state index in [9.17, 15) is 9.59 Å². The number of rotatable bonds is 2. The molecule has 0 unspecified atom stereocenters. The summed E-state index contributed by atoms with van der Waals surface area (Å²) in [4.78, 5) is 25.0. The smallest absolute Gasteiger partial charge is 0.410 e. The number of piperidine rings is 1. The van der Waals surface area contributed by atoms with Gasteiger partial charge in [0, 0.05) is 19.6 Å². The summed E-state index contributed by atoms with van der Waals surface area (Å²) >= 11 is 0. The minimum absolute atomic E-state index is 0.116. The maximum atomic E-state index is 12.0. The van der Waals surface area contributed by atoms with E-state index in [0.29, 0.717) is 26.2 Å². The molecule has 2 aliphatic rings. The van der Waals surface area contributed by atoms with Crippen molar-refractivity contribution in [1.82, 2.24) is 15.5 Å². The van der Waals surface area contributed by atoms with Crippen LogP contribution in [0.5, 0.6) is 0 Å². The highest BCUT2D eigenvalue weighted by atomic mass is 16.6. The van der Waals surface area contributed by atoms with E-state index < -0.39 is 0 Å². The molecule has 2 fully saturated rings. The largest absolute Gasteiger partial charge is 0.445 e. The Kier molecular flexibility index (Phi) is 3.68. The number of ether oxygens (including phenoxy) is 1. The molecule has 0 radical (unpaired) electrons. The topological polar surface area (TPSA) is 70.7 Å². The number of hydrogen-bond donors (Lipinski definition) is 2. The van der Waals surface area contributed by atoms with Gasteiger partial charge in [-0.1, -0.05) is 30.3 Å². The summed E-state index contributed by atoms with van der Waals surface area (Å²) in [5.74, 6) is 0. The van der Waals surface area contributed by atoms with Crippen molar-refractivity contribution in [2.75, 3.05) is 19.6 Å². The standard InChI is InChI=1S/C15H19N3O3/c19-13-16-11-15(17-13)6-8-18(9-7-15)14(20)21-10-12-4-2-1-3-5-12/h1-5H,6-11H2,(H2,16,17,19). The van der Waals surface area contributed by atoms with Gasteiger partial charge in [-0.05, 0) is 18.4 Å². The van der Waals surface area contributed by atoms with Gasteiger partial charge in [0.05, 0.1) is 5.54 Å². The van der Waals surface area contributed by atoms with Crippen molar-refractivity contribution >= 4 is 12.1 Å². The van der Waals surface area contributed by atoms with Crippen LogP contribution in [0.2, 0.25) is 0 Å². The lowest BCUT2D eigenvalue weighted by Gasteiger charge is -2.37. The van der Waals surface area contributed by atoms with Crippen LogP contribution in [0.1, 0.15) is 18.4 Å². The zero-order chi connectivity index (χ0) is 14.7. The number of amides is 3. The normalized spacial score (nSPS) is 20.0. The first-order chi connectivity index (χ1) is 10.2. The number of carbonyl (C=O) groups excluding carboxylic acids is 2. The summed E-state index contributed by atoms with van der Waals surface area (Å²) in [7, 11) is 0. The molecule has 2 aliphatic heterocycles. The molecule has 1 spiro atoms. The SMILES string of the molecule is O=C1NCC2(CCN(C(=O)OCc3ccccc3)CC2)N1. The van der Waals surface area contributed by atoms with Gasteiger partial charge in [0.15, 0.2) is 0 Å². The van der Waals surface area contributed by atoms with Gasteiger partial charge >= 0.3 is 12.1 Å². The van der Waals surface area contributed by atoms with Crippen LogP contribution in [-0.2, 0) is 11.3 Å². The highest BCUT2D eigenvalue weighted by Gasteiger charge is 2.41.